The maximum atomic E-state index is 6.05. The molecule has 2 rings (SSSR count). The van der Waals surface area contributed by atoms with Crippen molar-refractivity contribution in [2.45, 2.75) is 0 Å². The number of anilines is 1. The topological polar surface area (TPSA) is 45.6 Å². The first-order chi connectivity index (χ1) is 10.6. The Morgan fingerprint density at radius 2 is 2.00 bits per heavy atom. The van der Waals surface area contributed by atoms with Crippen LogP contribution < -0.4 is 15.5 Å². The van der Waals surface area contributed by atoms with Crippen molar-refractivity contribution in [3.63, 3.8) is 0 Å². The van der Waals surface area contributed by atoms with Gasteiger partial charge in [0.05, 0.1) is 24.0 Å². The number of rotatable bonds is 4. The van der Waals surface area contributed by atoms with Gasteiger partial charge in [-0.2, -0.15) is 5.10 Å². The summed E-state index contributed by atoms with van der Waals surface area (Å²) < 4.78 is 5.23. The third-order valence-electron chi connectivity index (χ3n) is 2.69. The second kappa shape index (κ2) is 7.98. The number of nitrogens with one attached hydrogen (secondary N) is 2. The number of benzene rings is 2. The molecule has 0 fully saturated rings. The molecule has 0 aliphatic carbocycles. The number of thiocarbonyl (C=S) groups is 1. The lowest BCUT2D eigenvalue weighted by Gasteiger charge is -2.10. The zero-order chi connectivity index (χ0) is 15.9. The summed E-state index contributed by atoms with van der Waals surface area (Å²) in [5, 5.41) is 8.46. The quantitative estimate of drug-likeness (QED) is 0.488. The first-order valence-electron chi connectivity index (χ1n) is 6.28. The minimum Gasteiger partial charge on any atom is -0.495 e. The van der Waals surface area contributed by atoms with Crippen LogP contribution in [0.5, 0.6) is 5.75 Å². The van der Waals surface area contributed by atoms with Gasteiger partial charge in [0.15, 0.2) is 5.11 Å². The lowest BCUT2D eigenvalue weighted by Crippen LogP contribution is -2.24. The molecule has 0 heterocycles. The summed E-state index contributed by atoms with van der Waals surface area (Å²) in [5.41, 5.74) is 4.20. The standard InChI is InChI=1S/C15H13Cl2N3OS/c1-21-14-5-3-2-4-13(14)19-15(22)20-18-9-10-6-7-11(16)8-12(10)17/h2-9H,1H3,(H2,19,20,22). The number of hydrogen-bond acceptors (Lipinski definition) is 3. The van der Waals surface area contributed by atoms with Crippen LogP contribution in [0.1, 0.15) is 5.56 Å². The van der Waals surface area contributed by atoms with Crippen LogP contribution in [-0.4, -0.2) is 18.4 Å². The molecular formula is C15H13Cl2N3OS. The van der Waals surface area contributed by atoms with Crippen molar-refractivity contribution in [1.29, 1.82) is 0 Å². The van der Waals surface area contributed by atoms with Crippen LogP contribution in [0.3, 0.4) is 0 Å². The van der Waals surface area contributed by atoms with Crippen LogP contribution in [0, 0.1) is 0 Å². The first-order valence-corrected chi connectivity index (χ1v) is 7.44. The Morgan fingerprint density at radius 1 is 1.23 bits per heavy atom. The molecule has 4 nitrogen and oxygen atoms in total. The van der Waals surface area contributed by atoms with Crippen molar-refractivity contribution in [2.24, 2.45) is 5.10 Å². The fraction of sp³-hybridized carbons (Fsp3) is 0.0667. The Labute approximate surface area is 144 Å². The van der Waals surface area contributed by atoms with Crippen LogP contribution in [0.25, 0.3) is 0 Å². The Bertz CT molecular complexity index is 707. The lowest BCUT2D eigenvalue weighted by molar-refractivity contribution is 0.417. The lowest BCUT2D eigenvalue weighted by atomic mass is 10.2. The average Bonchev–Trinajstić information content (AvgIpc) is 2.50. The number of nitrogens with zero attached hydrogens (tertiary/aromatic N) is 1. The van der Waals surface area contributed by atoms with E-state index in [0.29, 0.717) is 20.9 Å². The van der Waals surface area contributed by atoms with E-state index in [2.05, 4.69) is 15.8 Å². The highest BCUT2D eigenvalue weighted by Crippen LogP contribution is 2.22. The Balaban J connectivity index is 1.96. The molecule has 0 aliphatic rings. The minimum absolute atomic E-state index is 0.339. The molecule has 0 aliphatic heterocycles. The molecule has 0 saturated carbocycles. The third kappa shape index (κ3) is 4.59. The smallest absolute Gasteiger partial charge is 0.191 e. The van der Waals surface area contributed by atoms with Crippen LogP contribution in [0.2, 0.25) is 10.0 Å². The zero-order valence-corrected chi connectivity index (χ0v) is 14.0. The molecule has 7 heteroatoms. The van der Waals surface area contributed by atoms with Crippen LogP contribution in [0.4, 0.5) is 5.69 Å². The Morgan fingerprint density at radius 3 is 2.73 bits per heavy atom. The van der Waals surface area contributed by atoms with Gasteiger partial charge in [0.2, 0.25) is 0 Å². The molecule has 0 amide bonds. The van der Waals surface area contributed by atoms with Gasteiger partial charge < -0.3 is 10.1 Å². The fourth-order valence-corrected chi connectivity index (χ4v) is 2.28. The van der Waals surface area contributed by atoms with Gasteiger partial charge in [0, 0.05) is 10.6 Å². The summed E-state index contributed by atoms with van der Waals surface area (Å²) in [6, 6.07) is 12.6. The van der Waals surface area contributed by atoms with E-state index < -0.39 is 0 Å². The highest BCUT2D eigenvalue weighted by Gasteiger charge is 2.03. The molecule has 22 heavy (non-hydrogen) atoms. The van der Waals surface area contributed by atoms with E-state index in [1.165, 1.54) is 0 Å². The Hall–Kier alpha value is -1.82. The van der Waals surface area contributed by atoms with E-state index >= 15 is 0 Å². The van der Waals surface area contributed by atoms with Gasteiger partial charge in [-0.15, -0.1) is 0 Å². The zero-order valence-electron chi connectivity index (χ0n) is 11.6. The van der Waals surface area contributed by atoms with Crippen molar-refractivity contribution in [1.82, 2.24) is 5.43 Å². The Kier molecular flexibility index (Phi) is 6.00. The van der Waals surface area contributed by atoms with Crippen LogP contribution >= 0.6 is 35.4 Å². The molecular weight excluding hydrogens is 341 g/mol. The molecule has 2 N–H and O–H groups in total. The molecule has 0 atom stereocenters. The van der Waals surface area contributed by atoms with Gasteiger partial charge in [-0.25, -0.2) is 0 Å². The SMILES string of the molecule is COc1ccccc1NC(=S)NN=Cc1ccc(Cl)cc1Cl. The summed E-state index contributed by atoms with van der Waals surface area (Å²) in [6.07, 6.45) is 1.56. The third-order valence-corrected chi connectivity index (χ3v) is 3.44. The molecule has 2 aromatic carbocycles. The number of methoxy groups -OCH3 is 1. The van der Waals surface area contributed by atoms with Crippen molar-refractivity contribution in [2.75, 3.05) is 12.4 Å². The predicted octanol–water partition coefficient (Wildman–Crippen LogP) is 4.32. The van der Waals surface area contributed by atoms with Gasteiger partial charge >= 0.3 is 0 Å². The van der Waals surface area contributed by atoms with Crippen LogP contribution in [0.15, 0.2) is 47.6 Å². The largest absolute Gasteiger partial charge is 0.495 e. The molecule has 0 spiro atoms. The average molecular weight is 354 g/mol. The maximum Gasteiger partial charge on any atom is 0.191 e. The predicted molar refractivity (Wildman–Crippen MR) is 96.4 cm³/mol. The van der Waals surface area contributed by atoms with E-state index in [0.717, 1.165) is 11.3 Å². The number of hydrogen-bond donors (Lipinski definition) is 2. The van der Waals surface area contributed by atoms with Gasteiger partial charge in [0.25, 0.3) is 0 Å². The summed E-state index contributed by atoms with van der Waals surface area (Å²) in [5.74, 6) is 0.691. The molecule has 2 aromatic rings. The molecule has 0 unspecified atom stereocenters. The highest BCUT2D eigenvalue weighted by molar-refractivity contribution is 7.80. The van der Waals surface area contributed by atoms with Gasteiger partial charge in [-0.05, 0) is 36.5 Å². The second-order valence-electron chi connectivity index (χ2n) is 4.19. The summed E-state index contributed by atoms with van der Waals surface area (Å²) in [6.45, 7) is 0. The molecule has 114 valence electrons. The summed E-state index contributed by atoms with van der Waals surface area (Å²) in [7, 11) is 1.59. The van der Waals surface area contributed by atoms with E-state index in [1.54, 1.807) is 31.5 Å². The summed E-state index contributed by atoms with van der Waals surface area (Å²) >= 11 is 17.0. The molecule has 0 saturated heterocycles. The fourth-order valence-electron chi connectivity index (χ4n) is 1.66. The molecule has 0 radical (unpaired) electrons. The van der Waals surface area contributed by atoms with E-state index in [9.17, 15) is 0 Å². The van der Waals surface area contributed by atoms with E-state index in [-0.39, 0.29) is 0 Å². The van der Waals surface area contributed by atoms with E-state index in [4.69, 9.17) is 40.2 Å². The highest BCUT2D eigenvalue weighted by atomic mass is 35.5. The van der Waals surface area contributed by atoms with Crippen LogP contribution in [-0.2, 0) is 0 Å². The first kappa shape index (κ1) is 16.5. The van der Waals surface area contributed by atoms with Crippen molar-refractivity contribution in [3.8, 4) is 5.75 Å². The summed E-state index contributed by atoms with van der Waals surface area (Å²) in [4.78, 5) is 0. The van der Waals surface area contributed by atoms with E-state index in [1.807, 2.05) is 24.3 Å². The molecule has 0 bridgehead atoms. The van der Waals surface area contributed by atoms with Crippen molar-refractivity contribution in [3.05, 3.63) is 58.1 Å². The van der Waals surface area contributed by atoms with Crippen molar-refractivity contribution < 1.29 is 4.74 Å². The number of para-hydroxylation sites is 2. The monoisotopic (exact) mass is 353 g/mol. The number of hydrazone groups is 1. The van der Waals surface area contributed by atoms with Gasteiger partial charge in [-0.3, -0.25) is 5.43 Å². The van der Waals surface area contributed by atoms with Gasteiger partial charge in [-0.1, -0.05) is 41.4 Å². The normalized spacial score (nSPS) is 10.5. The van der Waals surface area contributed by atoms with Gasteiger partial charge in [0.1, 0.15) is 5.75 Å². The molecule has 0 aromatic heterocycles. The minimum atomic E-state index is 0.339. The number of ether oxygens (including phenoxy) is 1. The number of halogens is 2. The van der Waals surface area contributed by atoms with Crippen molar-refractivity contribution >= 4 is 52.4 Å². The second-order valence-corrected chi connectivity index (χ2v) is 5.44. The maximum absolute atomic E-state index is 6.05.